The molecule has 13 heavy (non-hydrogen) atoms. The smallest absolute Gasteiger partial charge is 0.434 e. The van der Waals surface area contributed by atoms with Gasteiger partial charge >= 0.3 is 29.2 Å². The number of hydrogen-bond donors (Lipinski definition) is 0. The Balaban J connectivity index is 0. The largest absolute Gasteiger partial charge is 0.508 e. The highest BCUT2D eigenvalue weighted by atomic mass is 24.3. The lowest BCUT2D eigenvalue weighted by molar-refractivity contribution is 0.0536. The van der Waals surface area contributed by atoms with Crippen molar-refractivity contribution in [3.63, 3.8) is 0 Å². The fraction of sp³-hybridized carbons (Fsp3) is 0.889. The van der Waals surface area contributed by atoms with Crippen LogP contribution in [-0.4, -0.2) is 42.4 Å². The molecule has 0 aliphatic carbocycles. The first-order chi connectivity index (χ1) is 5.81. The molecule has 76 valence electrons. The predicted octanol–water partition coefficient (Wildman–Crippen LogP) is 1.82. The standard InChI is InChI=1S/C9H18O3.Mg.2H/c1-3-5-7-11-9(10)12-8-6-4-2;;;/h3-8H2,1-2H3;;;. The van der Waals surface area contributed by atoms with Crippen molar-refractivity contribution in [3.05, 3.63) is 0 Å². The summed E-state index contributed by atoms with van der Waals surface area (Å²) in [6.45, 7) is 5.04. The maximum atomic E-state index is 10.7. The molecule has 0 amide bonds. The first kappa shape index (κ1) is 15.5. The summed E-state index contributed by atoms with van der Waals surface area (Å²) < 4.78 is 9.54. The summed E-state index contributed by atoms with van der Waals surface area (Å²) in [5.74, 6) is 0. The van der Waals surface area contributed by atoms with E-state index in [4.69, 9.17) is 9.47 Å². The van der Waals surface area contributed by atoms with E-state index in [1.54, 1.807) is 0 Å². The quantitative estimate of drug-likeness (QED) is 0.373. The van der Waals surface area contributed by atoms with Crippen molar-refractivity contribution in [2.24, 2.45) is 0 Å². The molecule has 0 aromatic rings. The number of carbonyl (C=O) groups is 1. The van der Waals surface area contributed by atoms with Crippen LogP contribution in [0.15, 0.2) is 0 Å². The highest BCUT2D eigenvalue weighted by Crippen LogP contribution is 1.93. The molecule has 0 aromatic heterocycles. The van der Waals surface area contributed by atoms with Gasteiger partial charge in [0, 0.05) is 0 Å². The minimum atomic E-state index is -0.531. The molecule has 0 spiro atoms. The molecular weight excluding hydrogens is 180 g/mol. The van der Waals surface area contributed by atoms with Crippen molar-refractivity contribution >= 4 is 29.2 Å². The minimum absolute atomic E-state index is 0. The van der Waals surface area contributed by atoms with Crippen molar-refractivity contribution in [3.8, 4) is 0 Å². The van der Waals surface area contributed by atoms with Gasteiger partial charge in [-0.25, -0.2) is 4.79 Å². The van der Waals surface area contributed by atoms with Gasteiger partial charge in [0.15, 0.2) is 0 Å². The third-order valence-corrected chi connectivity index (χ3v) is 1.44. The van der Waals surface area contributed by atoms with Gasteiger partial charge in [-0.3, -0.25) is 0 Å². The molecule has 0 atom stereocenters. The zero-order valence-corrected chi connectivity index (χ0v) is 7.97. The van der Waals surface area contributed by atoms with Crippen LogP contribution in [0.3, 0.4) is 0 Å². The molecule has 0 N–H and O–H groups in total. The summed E-state index contributed by atoms with van der Waals surface area (Å²) >= 11 is 0. The molecule has 3 nitrogen and oxygen atoms in total. The van der Waals surface area contributed by atoms with Crippen LogP contribution in [0.1, 0.15) is 39.5 Å². The van der Waals surface area contributed by atoms with Gasteiger partial charge in [-0.1, -0.05) is 26.7 Å². The van der Waals surface area contributed by atoms with E-state index < -0.39 is 6.16 Å². The first-order valence-electron chi connectivity index (χ1n) is 4.60. The zero-order chi connectivity index (χ0) is 9.23. The van der Waals surface area contributed by atoms with E-state index in [1.165, 1.54) is 0 Å². The van der Waals surface area contributed by atoms with Gasteiger partial charge in [0.05, 0.1) is 13.2 Å². The lowest BCUT2D eigenvalue weighted by Crippen LogP contribution is -2.09. The number of ether oxygens (including phenoxy) is 2. The highest BCUT2D eigenvalue weighted by Gasteiger charge is 2.00. The molecule has 0 saturated carbocycles. The monoisotopic (exact) mass is 200 g/mol. The van der Waals surface area contributed by atoms with Crippen LogP contribution in [-0.2, 0) is 9.47 Å². The van der Waals surface area contributed by atoms with E-state index in [0.717, 1.165) is 25.7 Å². The van der Waals surface area contributed by atoms with Gasteiger partial charge in [-0.2, -0.15) is 0 Å². The minimum Gasteiger partial charge on any atom is -0.434 e. The average molecular weight is 201 g/mol. The van der Waals surface area contributed by atoms with E-state index in [1.807, 2.05) is 13.8 Å². The molecule has 0 fully saturated rings. The Morgan fingerprint density at radius 2 is 1.38 bits per heavy atom. The van der Waals surface area contributed by atoms with Gasteiger partial charge in [-0.15, -0.1) is 0 Å². The van der Waals surface area contributed by atoms with Gasteiger partial charge in [-0.05, 0) is 12.8 Å². The second kappa shape index (κ2) is 12.0. The fourth-order valence-electron chi connectivity index (χ4n) is 0.641. The Morgan fingerprint density at radius 1 is 1.00 bits per heavy atom. The Hall–Kier alpha value is 0.0362. The predicted molar refractivity (Wildman–Crippen MR) is 55.7 cm³/mol. The molecule has 4 heteroatoms. The normalized spacial score (nSPS) is 8.77. The second-order valence-electron chi connectivity index (χ2n) is 2.65. The maximum Gasteiger partial charge on any atom is 0.508 e. The molecule has 0 aromatic carbocycles. The summed E-state index contributed by atoms with van der Waals surface area (Å²) in [5.41, 5.74) is 0. The van der Waals surface area contributed by atoms with Crippen molar-refractivity contribution < 1.29 is 14.3 Å². The molecular formula is C9H20MgO3. The van der Waals surface area contributed by atoms with E-state index in [-0.39, 0.29) is 23.1 Å². The van der Waals surface area contributed by atoms with E-state index in [9.17, 15) is 4.79 Å². The summed E-state index contributed by atoms with van der Waals surface area (Å²) in [6, 6.07) is 0. The van der Waals surface area contributed by atoms with Gasteiger partial charge in [0.2, 0.25) is 0 Å². The van der Waals surface area contributed by atoms with Gasteiger partial charge in [0.25, 0.3) is 0 Å². The maximum absolute atomic E-state index is 10.7. The second-order valence-corrected chi connectivity index (χ2v) is 2.65. The summed E-state index contributed by atoms with van der Waals surface area (Å²) in [4.78, 5) is 10.7. The van der Waals surface area contributed by atoms with Gasteiger partial charge < -0.3 is 9.47 Å². The van der Waals surface area contributed by atoms with Crippen LogP contribution in [0.4, 0.5) is 4.79 Å². The van der Waals surface area contributed by atoms with Crippen LogP contribution in [0.5, 0.6) is 0 Å². The molecule has 0 radical (unpaired) electrons. The lowest BCUT2D eigenvalue weighted by atomic mass is 10.4. The number of carbonyl (C=O) groups excluding carboxylic acids is 1. The summed E-state index contributed by atoms with van der Waals surface area (Å²) in [6.07, 6.45) is 3.34. The fourth-order valence-corrected chi connectivity index (χ4v) is 0.641. The Labute approximate surface area is 96.3 Å². The van der Waals surface area contributed by atoms with E-state index >= 15 is 0 Å². The molecule has 0 aliphatic rings. The van der Waals surface area contributed by atoms with Crippen LogP contribution in [0, 0.1) is 0 Å². The topological polar surface area (TPSA) is 35.5 Å². The summed E-state index contributed by atoms with van der Waals surface area (Å²) in [7, 11) is 0. The third-order valence-electron chi connectivity index (χ3n) is 1.44. The van der Waals surface area contributed by atoms with Crippen LogP contribution >= 0.6 is 0 Å². The Kier molecular flexibility index (Phi) is 14.4. The number of hydrogen-bond acceptors (Lipinski definition) is 3. The average Bonchev–Trinajstić information content (AvgIpc) is 2.06. The van der Waals surface area contributed by atoms with Crippen LogP contribution in [0.25, 0.3) is 0 Å². The summed E-state index contributed by atoms with van der Waals surface area (Å²) in [5, 5.41) is 0. The highest BCUT2D eigenvalue weighted by molar-refractivity contribution is 5.75. The van der Waals surface area contributed by atoms with Gasteiger partial charge in [0.1, 0.15) is 0 Å². The van der Waals surface area contributed by atoms with Crippen LogP contribution < -0.4 is 0 Å². The van der Waals surface area contributed by atoms with E-state index in [0.29, 0.717) is 13.2 Å². The number of unbranched alkanes of at least 4 members (excludes halogenated alkanes) is 2. The van der Waals surface area contributed by atoms with Crippen molar-refractivity contribution in [2.75, 3.05) is 13.2 Å². The first-order valence-corrected chi connectivity index (χ1v) is 4.60. The molecule has 0 heterocycles. The van der Waals surface area contributed by atoms with Crippen molar-refractivity contribution in [1.82, 2.24) is 0 Å². The molecule has 0 aliphatic heterocycles. The molecule has 0 unspecified atom stereocenters. The molecule has 0 saturated heterocycles. The third kappa shape index (κ3) is 12.0. The lowest BCUT2D eigenvalue weighted by Gasteiger charge is -2.04. The Bertz CT molecular complexity index is 105. The number of rotatable bonds is 6. The Morgan fingerprint density at radius 3 is 1.69 bits per heavy atom. The van der Waals surface area contributed by atoms with Crippen LogP contribution in [0.2, 0.25) is 0 Å². The van der Waals surface area contributed by atoms with E-state index in [2.05, 4.69) is 0 Å². The van der Waals surface area contributed by atoms with Crippen molar-refractivity contribution in [1.29, 1.82) is 0 Å². The zero-order valence-electron chi connectivity index (χ0n) is 7.97. The van der Waals surface area contributed by atoms with Crippen molar-refractivity contribution in [2.45, 2.75) is 39.5 Å². The SMILES string of the molecule is CCCCOC(=O)OCCCC.[MgH2]. The molecule has 0 bridgehead atoms. The molecule has 0 rings (SSSR count).